The lowest BCUT2D eigenvalue weighted by molar-refractivity contribution is -0.113. The molecule has 8 heavy (non-hydrogen) atoms. The van der Waals surface area contributed by atoms with Crippen LogP contribution in [0.15, 0.2) is 11.6 Å². The van der Waals surface area contributed by atoms with Gasteiger partial charge in [-0.3, -0.25) is 4.79 Å². The maximum absolute atomic E-state index is 10.3. The molecule has 0 heterocycles. The van der Waals surface area contributed by atoms with E-state index in [0.717, 1.165) is 0 Å². The summed E-state index contributed by atoms with van der Waals surface area (Å²) < 4.78 is 0. The quantitative estimate of drug-likeness (QED) is 0.373. The molecule has 42 valence electrons. The molecule has 0 rings (SSSR count). The summed E-state index contributed by atoms with van der Waals surface area (Å²) in [7, 11) is 0. The monoisotopic (exact) mass is 109 g/mol. The highest BCUT2D eigenvalue weighted by atomic mass is 16.1. The fraction of sp³-hybridized carbons (Fsp3) is 0.333. The zero-order valence-electron chi connectivity index (χ0n) is 4.93. The van der Waals surface area contributed by atoms with Crippen LogP contribution < -0.4 is 0 Å². The van der Waals surface area contributed by atoms with Crippen LogP contribution >= 0.6 is 0 Å². The zero-order chi connectivity index (χ0) is 6.57. The maximum Gasteiger partial charge on any atom is 0.156 e. The smallest absolute Gasteiger partial charge is 0.156 e. The summed E-state index contributed by atoms with van der Waals surface area (Å²) in [6.45, 7) is 3.05. The Bertz CT molecular complexity index is 162. The van der Waals surface area contributed by atoms with Gasteiger partial charge in [-0.05, 0) is 13.8 Å². The zero-order valence-corrected chi connectivity index (χ0v) is 4.93. The lowest BCUT2D eigenvalue weighted by Crippen LogP contribution is -1.89. The lowest BCUT2D eigenvalue weighted by atomic mass is 10.2. The van der Waals surface area contributed by atoms with Gasteiger partial charge in [-0.2, -0.15) is 5.26 Å². The summed E-state index contributed by atoms with van der Waals surface area (Å²) in [4.78, 5) is 10.3. The van der Waals surface area contributed by atoms with Crippen LogP contribution in [0.5, 0.6) is 0 Å². The van der Waals surface area contributed by atoms with Crippen molar-refractivity contribution >= 4 is 5.78 Å². The fourth-order valence-electron chi connectivity index (χ4n) is 0.198. The molecule has 0 saturated carbocycles. The van der Waals surface area contributed by atoms with E-state index < -0.39 is 0 Å². The standard InChI is InChI=1S/C6H7NO/c1-5(3-4-7)6(2)8/h3H,1-2H3. The molecule has 2 heteroatoms. The van der Waals surface area contributed by atoms with Crippen molar-refractivity contribution < 1.29 is 4.79 Å². The largest absolute Gasteiger partial charge is 0.295 e. The summed E-state index contributed by atoms with van der Waals surface area (Å²) in [5.74, 6) is -0.0495. The van der Waals surface area contributed by atoms with Gasteiger partial charge in [-0.25, -0.2) is 0 Å². The fourth-order valence-corrected chi connectivity index (χ4v) is 0.198. The number of rotatable bonds is 1. The van der Waals surface area contributed by atoms with E-state index >= 15 is 0 Å². The van der Waals surface area contributed by atoms with Crippen molar-refractivity contribution in [3.8, 4) is 6.07 Å². The molecule has 0 saturated heterocycles. The molecule has 0 aliphatic rings. The summed E-state index contributed by atoms with van der Waals surface area (Å²) >= 11 is 0. The molecule has 0 fully saturated rings. The molecule has 0 bridgehead atoms. The lowest BCUT2D eigenvalue weighted by Gasteiger charge is -1.83. The minimum Gasteiger partial charge on any atom is -0.295 e. The van der Waals surface area contributed by atoms with Gasteiger partial charge in [0.2, 0.25) is 0 Å². The highest BCUT2D eigenvalue weighted by molar-refractivity contribution is 5.92. The van der Waals surface area contributed by atoms with Gasteiger partial charge in [-0.15, -0.1) is 0 Å². The summed E-state index contributed by atoms with van der Waals surface area (Å²) in [5.41, 5.74) is 0.507. The topological polar surface area (TPSA) is 40.9 Å². The van der Waals surface area contributed by atoms with E-state index in [1.165, 1.54) is 13.0 Å². The number of carbonyl (C=O) groups is 1. The van der Waals surface area contributed by atoms with E-state index in [0.29, 0.717) is 5.57 Å². The predicted molar refractivity (Wildman–Crippen MR) is 30.1 cm³/mol. The Morgan fingerprint density at radius 3 is 2.25 bits per heavy atom. The molecule has 0 aromatic carbocycles. The third kappa shape index (κ3) is 2.14. The van der Waals surface area contributed by atoms with Crippen LogP contribution in [-0.4, -0.2) is 5.78 Å². The summed E-state index contributed by atoms with van der Waals surface area (Å²) in [5, 5.41) is 8.01. The average Bonchev–Trinajstić information content (AvgIpc) is 1.67. The van der Waals surface area contributed by atoms with Crippen molar-refractivity contribution in [1.82, 2.24) is 0 Å². The van der Waals surface area contributed by atoms with Crippen molar-refractivity contribution in [2.24, 2.45) is 0 Å². The van der Waals surface area contributed by atoms with Crippen molar-refractivity contribution in [2.45, 2.75) is 13.8 Å². The minimum absolute atomic E-state index is 0.0495. The predicted octanol–water partition coefficient (Wildman–Crippen LogP) is 1.05. The van der Waals surface area contributed by atoms with Gasteiger partial charge in [0.05, 0.1) is 6.07 Å². The van der Waals surface area contributed by atoms with Crippen LogP contribution in [0.4, 0.5) is 0 Å². The average molecular weight is 109 g/mol. The second-order valence-electron chi connectivity index (χ2n) is 1.51. The SMILES string of the molecule is CC(=O)C(C)=CC#N. The molecule has 0 aromatic heterocycles. The first-order valence-electron chi connectivity index (χ1n) is 2.26. The minimum atomic E-state index is -0.0495. The van der Waals surface area contributed by atoms with Crippen LogP contribution in [0.1, 0.15) is 13.8 Å². The molecular formula is C6H7NO. The van der Waals surface area contributed by atoms with Crippen LogP contribution in [0.25, 0.3) is 0 Å². The second-order valence-corrected chi connectivity index (χ2v) is 1.51. The Morgan fingerprint density at radius 2 is 2.12 bits per heavy atom. The van der Waals surface area contributed by atoms with E-state index in [2.05, 4.69) is 0 Å². The molecule has 0 aromatic rings. The molecule has 2 nitrogen and oxygen atoms in total. The van der Waals surface area contributed by atoms with E-state index in [4.69, 9.17) is 5.26 Å². The number of hydrogen-bond donors (Lipinski definition) is 0. The van der Waals surface area contributed by atoms with Crippen molar-refractivity contribution in [2.75, 3.05) is 0 Å². The first-order chi connectivity index (χ1) is 3.68. The van der Waals surface area contributed by atoms with Crippen molar-refractivity contribution in [1.29, 1.82) is 5.26 Å². The first-order valence-corrected chi connectivity index (χ1v) is 2.26. The van der Waals surface area contributed by atoms with E-state index in [9.17, 15) is 4.79 Å². The number of nitriles is 1. The molecule has 0 N–H and O–H groups in total. The Morgan fingerprint density at radius 1 is 1.62 bits per heavy atom. The number of carbonyl (C=O) groups excluding carboxylic acids is 1. The van der Waals surface area contributed by atoms with E-state index in [-0.39, 0.29) is 5.78 Å². The van der Waals surface area contributed by atoms with Gasteiger partial charge in [-0.1, -0.05) is 0 Å². The molecule has 0 radical (unpaired) electrons. The highest BCUT2D eigenvalue weighted by Crippen LogP contribution is 1.90. The Hall–Kier alpha value is -1.10. The number of hydrogen-bond acceptors (Lipinski definition) is 2. The maximum atomic E-state index is 10.3. The molecule has 0 atom stereocenters. The second kappa shape index (κ2) is 2.98. The van der Waals surface area contributed by atoms with Gasteiger partial charge in [0.15, 0.2) is 5.78 Å². The molecular weight excluding hydrogens is 102 g/mol. The number of allylic oxidation sites excluding steroid dienone is 2. The Labute approximate surface area is 48.4 Å². The van der Waals surface area contributed by atoms with Gasteiger partial charge < -0.3 is 0 Å². The van der Waals surface area contributed by atoms with Crippen LogP contribution in [-0.2, 0) is 4.79 Å². The van der Waals surface area contributed by atoms with Crippen molar-refractivity contribution in [3.05, 3.63) is 11.6 Å². The van der Waals surface area contributed by atoms with Crippen LogP contribution in [0, 0.1) is 11.3 Å². The number of Topliss-reactive ketones (excluding diaryl/α,β-unsaturated/α-hetero) is 1. The first kappa shape index (κ1) is 6.90. The molecule has 0 spiro atoms. The van der Waals surface area contributed by atoms with Gasteiger partial charge in [0, 0.05) is 11.6 Å². The Kier molecular flexibility index (Phi) is 2.57. The molecule has 0 unspecified atom stereocenters. The van der Waals surface area contributed by atoms with E-state index in [1.54, 1.807) is 13.0 Å². The third-order valence-electron chi connectivity index (χ3n) is 0.836. The van der Waals surface area contributed by atoms with Gasteiger partial charge in [0.1, 0.15) is 0 Å². The molecule has 0 aliphatic carbocycles. The molecule has 0 amide bonds. The van der Waals surface area contributed by atoms with Gasteiger partial charge in [0.25, 0.3) is 0 Å². The summed E-state index contributed by atoms with van der Waals surface area (Å²) in [6.07, 6.45) is 1.24. The highest BCUT2D eigenvalue weighted by Gasteiger charge is 1.91. The third-order valence-corrected chi connectivity index (χ3v) is 0.836. The van der Waals surface area contributed by atoms with Crippen molar-refractivity contribution in [3.63, 3.8) is 0 Å². The van der Waals surface area contributed by atoms with E-state index in [1.807, 2.05) is 0 Å². The molecule has 0 aliphatic heterocycles. The van der Waals surface area contributed by atoms with Crippen LogP contribution in [0.3, 0.4) is 0 Å². The summed E-state index contributed by atoms with van der Waals surface area (Å²) in [6, 6.07) is 1.77. The van der Waals surface area contributed by atoms with Crippen LogP contribution in [0.2, 0.25) is 0 Å². The number of ketones is 1. The Balaban J connectivity index is 4.06. The van der Waals surface area contributed by atoms with Gasteiger partial charge >= 0.3 is 0 Å². The normalized spacial score (nSPS) is 10.4. The number of nitrogens with zero attached hydrogens (tertiary/aromatic N) is 1.